The van der Waals surface area contributed by atoms with Gasteiger partial charge in [-0.2, -0.15) is 5.26 Å². The SMILES string of the molecule is CN1CCCCC(CN)C1c1ccccc1C#N. The van der Waals surface area contributed by atoms with Gasteiger partial charge >= 0.3 is 0 Å². The Morgan fingerprint density at radius 1 is 1.39 bits per heavy atom. The fourth-order valence-corrected chi connectivity index (χ4v) is 3.02. The van der Waals surface area contributed by atoms with Crippen molar-refractivity contribution in [1.82, 2.24) is 4.90 Å². The van der Waals surface area contributed by atoms with Gasteiger partial charge in [0.2, 0.25) is 0 Å². The van der Waals surface area contributed by atoms with Crippen molar-refractivity contribution in [2.24, 2.45) is 11.7 Å². The largest absolute Gasteiger partial charge is 0.330 e. The summed E-state index contributed by atoms with van der Waals surface area (Å²) in [6.07, 6.45) is 3.61. The van der Waals surface area contributed by atoms with Crippen LogP contribution in [0.3, 0.4) is 0 Å². The van der Waals surface area contributed by atoms with Crippen molar-refractivity contribution in [3.8, 4) is 6.07 Å². The molecule has 2 rings (SSSR count). The molecule has 3 heteroatoms. The van der Waals surface area contributed by atoms with Crippen molar-refractivity contribution in [2.45, 2.75) is 25.3 Å². The fraction of sp³-hybridized carbons (Fsp3) is 0.533. The molecule has 2 atom stereocenters. The van der Waals surface area contributed by atoms with Crippen molar-refractivity contribution < 1.29 is 0 Å². The van der Waals surface area contributed by atoms with Crippen LogP contribution in [0.5, 0.6) is 0 Å². The summed E-state index contributed by atoms with van der Waals surface area (Å²) in [7, 11) is 2.15. The Balaban J connectivity index is 2.40. The molecule has 96 valence electrons. The number of hydrogen-bond acceptors (Lipinski definition) is 3. The second-order valence-corrected chi connectivity index (χ2v) is 5.12. The van der Waals surface area contributed by atoms with Crippen LogP contribution in [0.2, 0.25) is 0 Å². The van der Waals surface area contributed by atoms with Crippen molar-refractivity contribution in [2.75, 3.05) is 20.1 Å². The molecule has 0 radical (unpaired) electrons. The molecule has 1 aromatic rings. The van der Waals surface area contributed by atoms with E-state index in [2.05, 4.69) is 24.1 Å². The predicted octanol–water partition coefficient (Wildman–Crippen LogP) is 2.29. The van der Waals surface area contributed by atoms with Crippen molar-refractivity contribution in [1.29, 1.82) is 5.26 Å². The van der Waals surface area contributed by atoms with E-state index >= 15 is 0 Å². The highest BCUT2D eigenvalue weighted by atomic mass is 15.1. The second kappa shape index (κ2) is 5.99. The van der Waals surface area contributed by atoms with E-state index in [1.807, 2.05) is 18.2 Å². The molecule has 1 heterocycles. The summed E-state index contributed by atoms with van der Waals surface area (Å²) in [5.74, 6) is 0.451. The number of hydrogen-bond donors (Lipinski definition) is 1. The molecule has 1 aliphatic heterocycles. The van der Waals surface area contributed by atoms with Gasteiger partial charge in [-0.15, -0.1) is 0 Å². The number of likely N-dealkylation sites (tertiary alicyclic amines) is 1. The molecule has 0 amide bonds. The predicted molar refractivity (Wildman–Crippen MR) is 72.9 cm³/mol. The number of nitriles is 1. The molecule has 0 spiro atoms. The lowest BCUT2D eigenvalue weighted by atomic mass is 9.87. The van der Waals surface area contributed by atoms with Crippen LogP contribution < -0.4 is 5.73 Å². The molecule has 3 nitrogen and oxygen atoms in total. The topological polar surface area (TPSA) is 53.0 Å². The molecule has 0 saturated carbocycles. The normalized spacial score (nSPS) is 25.4. The third-order valence-electron chi connectivity index (χ3n) is 3.96. The lowest BCUT2D eigenvalue weighted by Crippen LogP contribution is -2.33. The Morgan fingerprint density at radius 2 is 2.17 bits per heavy atom. The van der Waals surface area contributed by atoms with Crippen molar-refractivity contribution >= 4 is 0 Å². The molecule has 0 aliphatic carbocycles. The minimum Gasteiger partial charge on any atom is -0.330 e. The maximum absolute atomic E-state index is 9.26. The van der Waals surface area contributed by atoms with Crippen LogP contribution in [0, 0.1) is 17.2 Å². The summed E-state index contributed by atoms with van der Waals surface area (Å²) in [4.78, 5) is 2.36. The second-order valence-electron chi connectivity index (χ2n) is 5.12. The quantitative estimate of drug-likeness (QED) is 0.867. The molecular formula is C15H21N3. The summed E-state index contributed by atoms with van der Waals surface area (Å²) < 4.78 is 0. The number of rotatable bonds is 2. The van der Waals surface area contributed by atoms with E-state index in [-0.39, 0.29) is 6.04 Å². The van der Waals surface area contributed by atoms with Gasteiger partial charge in [-0.25, -0.2) is 0 Å². The Labute approximate surface area is 109 Å². The monoisotopic (exact) mass is 243 g/mol. The number of nitrogens with two attached hydrogens (primary N) is 1. The van der Waals surface area contributed by atoms with Gasteiger partial charge in [0.15, 0.2) is 0 Å². The highest BCUT2D eigenvalue weighted by Crippen LogP contribution is 2.34. The smallest absolute Gasteiger partial charge is 0.0995 e. The lowest BCUT2D eigenvalue weighted by Gasteiger charge is -2.32. The first-order chi connectivity index (χ1) is 8.77. The lowest BCUT2D eigenvalue weighted by molar-refractivity contribution is 0.196. The Kier molecular flexibility index (Phi) is 4.35. The molecular weight excluding hydrogens is 222 g/mol. The van der Waals surface area contributed by atoms with Gasteiger partial charge in [-0.05, 0) is 50.5 Å². The highest BCUT2D eigenvalue weighted by Gasteiger charge is 2.29. The molecule has 1 fully saturated rings. The first-order valence-corrected chi connectivity index (χ1v) is 6.67. The molecule has 2 unspecified atom stereocenters. The van der Waals surface area contributed by atoms with Gasteiger partial charge in [0, 0.05) is 6.04 Å². The van der Waals surface area contributed by atoms with E-state index in [0.29, 0.717) is 12.5 Å². The molecule has 2 N–H and O–H groups in total. The molecule has 0 aromatic heterocycles. The number of benzene rings is 1. The van der Waals surface area contributed by atoms with Gasteiger partial charge in [0.25, 0.3) is 0 Å². The molecule has 0 bridgehead atoms. The zero-order valence-corrected chi connectivity index (χ0v) is 11.0. The average molecular weight is 243 g/mol. The highest BCUT2D eigenvalue weighted by molar-refractivity contribution is 5.39. The van der Waals surface area contributed by atoms with Crippen molar-refractivity contribution in [3.05, 3.63) is 35.4 Å². The van der Waals surface area contributed by atoms with Crippen LogP contribution in [0.1, 0.15) is 36.4 Å². The maximum Gasteiger partial charge on any atom is 0.0995 e. The summed E-state index contributed by atoms with van der Waals surface area (Å²) >= 11 is 0. The van der Waals surface area contributed by atoms with Crippen LogP contribution in [-0.4, -0.2) is 25.0 Å². The zero-order chi connectivity index (χ0) is 13.0. The molecule has 1 aliphatic rings. The van der Waals surface area contributed by atoms with Crippen LogP contribution in [-0.2, 0) is 0 Å². The summed E-state index contributed by atoms with van der Waals surface area (Å²) in [6.45, 7) is 1.77. The van der Waals surface area contributed by atoms with E-state index < -0.39 is 0 Å². The minimum atomic E-state index is 0.286. The first kappa shape index (κ1) is 13.1. The maximum atomic E-state index is 9.26. The first-order valence-electron chi connectivity index (χ1n) is 6.67. The van der Waals surface area contributed by atoms with Crippen LogP contribution >= 0.6 is 0 Å². The summed E-state index contributed by atoms with van der Waals surface area (Å²) in [6, 6.07) is 10.5. The van der Waals surface area contributed by atoms with Crippen molar-refractivity contribution in [3.63, 3.8) is 0 Å². The standard InChI is InChI=1S/C15H21N3/c1-18-9-5-4-7-13(11-17)15(18)14-8-3-2-6-12(14)10-16/h2-3,6,8,13,15H,4-5,7,9,11,17H2,1H3. The van der Waals surface area contributed by atoms with Gasteiger partial charge in [-0.3, -0.25) is 4.90 Å². The zero-order valence-electron chi connectivity index (χ0n) is 11.0. The van der Waals surface area contributed by atoms with Crippen LogP contribution in [0.4, 0.5) is 0 Å². The van der Waals surface area contributed by atoms with Crippen LogP contribution in [0.25, 0.3) is 0 Å². The Bertz CT molecular complexity index is 436. The van der Waals surface area contributed by atoms with E-state index in [1.54, 1.807) is 0 Å². The fourth-order valence-electron chi connectivity index (χ4n) is 3.02. The number of nitrogens with zero attached hydrogens (tertiary/aromatic N) is 2. The van der Waals surface area contributed by atoms with Gasteiger partial charge in [0.1, 0.15) is 0 Å². The molecule has 18 heavy (non-hydrogen) atoms. The van der Waals surface area contributed by atoms with E-state index in [1.165, 1.54) is 12.8 Å². The summed E-state index contributed by atoms with van der Waals surface area (Å²) in [5, 5.41) is 9.26. The van der Waals surface area contributed by atoms with Gasteiger partial charge < -0.3 is 5.73 Å². The third-order valence-corrected chi connectivity index (χ3v) is 3.96. The van der Waals surface area contributed by atoms with Gasteiger partial charge in [-0.1, -0.05) is 24.6 Å². The van der Waals surface area contributed by atoms with E-state index in [0.717, 1.165) is 24.1 Å². The molecule has 1 saturated heterocycles. The average Bonchev–Trinajstić information content (AvgIpc) is 2.60. The molecule has 1 aromatic carbocycles. The van der Waals surface area contributed by atoms with E-state index in [9.17, 15) is 5.26 Å². The summed E-state index contributed by atoms with van der Waals surface area (Å²) in [5.41, 5.74) is 7.87. The third kappa shape index (κ3) is 2.55. The Morgan fingerprint density at radius 3 is 2.89 bits per heavy atom. The van der Waals surface area contributed by atoms with Gasteiger partial charge in [0.05, 0.1) is 11.6 Å². The minimum absolute atomic E-state index is 0.286. The Hall–Kier alpha value is -1.37. The van der Waals surface area contributed by atoms with Crippen LogP contribution in [0.15, 0.2) is 24.3 Å². The van der Waals surface area contributed by atoms with E-state index in [4.69, 9.17) is 5.73 Å².